The van der Waals surface area contributed by atoms with Crippen LogP contribution in [0.4, 0.5) is 11.6 Å². The minimum Gasteiger partial charge on any atom is -0.365 e. The molecule has 4 aromatic rings. The molecule has 156 valence electrons. The molecule has 1 N–H and O–H groups in total. The van der Waals surface area contributed by atoms with Gasteiger partial charge in [-0.1, -0.05) is 0 Å². The van der Waals surface area contributed by atoms with Gasteiger partial charge in [-0.3, -0.25) is 4.40 Å². The zero-order valence-corrected chi connectivity index (χ0v) is 17.2. The lowest BCUT2D eigenvalue weighted by Gasteiger charge is -2.34. The summed E-state index contributed by atoms with van der Waals surface area (Å²) in [6.45, 7) is 1.72. The number of rotatable bonds is 4. The summed E-state index contributed by atoms with van der Waals surface area (Å²) in [4.78, 5) is 20.2. The summed E-state index contributed by atoms with van der Waals surface area (Å²) < 4.78 is 1.83. The van der Waals surface area contributed by atoms with Gasteiger partial charge in [0.1, 0.15) is 35.1 Å². The largest absolute Gasteiger partial charge is 0.365 e. The average Bonchev–Trinajstić information content (AvgIpc) is 3.28. The van der Waals surface area contributed by atoms with Crippen LogP contribution in [0.25, 0.3) is 17.2 Å². The highest BCUT2D eigenvalue weighted by Gasteiger charge is 2.21. The van der Waals surface area contributed by atoms with E-state index in [0.29, 0.717) is 17.0 Å². The Hall–Kier alpha value is -4.50. The van der Waals surface area contributed by atoms with Crippen molar-refractivity contribution in [1.82, 2.24) is 24.3 Å². The molecule has 5 heterocycles. The Balaban J connectivity index is 1.35. The van der Waals surface area contributed by atoms with Crippen LogP contribution in [0.5, 0.6) is 0 Å². The summed E-state index contributed by atoms with van der Waals surface area (Å²) in [5.74, 6) is 2.15. The Labute approximate surface area is 184 Å². The molecule has 1 fully saturated rings. The second-order valence-corrected chi connectivity index (χ2v) is 7.61. The van der Waals surface area contributed by atoms with Crippen LogP contribution in [0, 0.1) is 22.7 Å². The highest BCUT2D eigenvalue weighted by Crippen LogP contribution is 2.22. The van der Waals surface area contributed by atoms with Crippen molar-refractivity contribution in [3.05, 3.63) is 66.2 Å². The molecule has 1 aliphatic heterocycles. The highest BCUT2D eigenvalue weighted by atomic mass is 15.2. The first kappa shape index (κ1) is 19.5. The molecule has 32 heavy (non-hydrogen) atoms. The second-order valence-electron chi connectivity index (χ2n) is 7.61. The van der Waals surface area contributed by atoms with Crippen LogP contribution in [-0.2, 0) is 0 Å². The zero-order chi connectivity index (χ0) is 21.9. The van der Waals surface area contributed by atoms with E-state index in [1.54, 1.807) is 43.0 Å². The van der Waals surface area contributed by atoms with Crippen LogP contribution in [0.15, 0.2) is 55.1 Å². The first-order valence-electron chi connectivity index (χ1n) is 10.3. The third-order valence-corrected chi connectivity index (χ3v) is 5.49. The first-order valence-corrected chi connectivity index (χ1v) is 10.3. The van der Waals surface area contributed by atoms with Crippen molar-refractivity contribution in [2.75, 3.05) is 23.3 Å². The summed E-state index contributed by atoms with van der Waals surface area (Å²) in [6.07, 6.45) is 8.84. The Morgan fingerprint density at radius 2 is 1.84 bits per heavy atom. The second kappa shape index (κ2) is 8.32. The first-order chi connectivity index (χ1) is 15.7. The summed E-state index contributed by atoms with van der Waals surface area (Å²) in [6, 6.07) is 13.5. The number of fused-ring (bicyclic) bond motifs is 1. The molecule has 0 saturated carbocycles. The predicted molar refractivity (Wildman–Crippen MR) is 119 cm³/mol. The van der Waals surface area contributed by atoms with Crippen LogP contribution in [0.3, 0.4) is 0 Å². The predicted octanol–water partition coefficient (Wildman–Crippen LogP) is 3.01. The molecule has 1 unspecified atom stereocenters. The average molecular weight is 421 g/mol. The van der Waals surface area contributed by atoms with Crippen LogP contribution in [0.1, 0.15) is 24.0 Å². The molecule has 5 rings (SSSR count). The van der Waals surface area contributed by atoms with Gasteiger partial charge in [0, 0.05) is 37.7 Å². The quantitative estimate of drug-likeness (QED) is 0.534. The van der Waals surface area contributed by atoms with Crippen molar-refractivity contribution < 1.29 is 0 Å². The molecule has 4 aromatic heterocycles. The topological polar surface area (TPSA) is 119 Å². The number of hydrogen-bond donors (Lipinski definition) is 1. The lowest BCUT2D eigenvalue weighted by Crippen LogP contribution is -2.42. The monoisotopic (exact) mass is 421 g/mol. The minimum atomic E-state index is 0.205. The van der Waals surface area contributed by atoms with Crippen LogP contribution < -0.4 is 10.2 Å². The van der Waals surface area contributed by atoms with Gasteiger partial charge >= 0.3 is 0 Å². The maximum absolute atomic E-state index is 9.20. The fourth-order valence-corrected chi connectivity index (χ4v) is 3.93. The van der Waals surface area contributed by atoms with E-state index in [0.717, 1.165) is 48.9 Å². The van der Waals surface area contributed by atoms with Crippen LogP contribution >= 0.6 is 0 Å². The molecular weight excluding hydrogens is 402 g/mol. The van der Waals surface area contributed by atoms with Crippen molar-refractivity contribution in [2.24, 2.45) is 0 Å². The lowest BCUT2D eigenvalue weighted by molar-refractivity contribution is 0.525. The molecule has 0 amide bonds. The molecule has 0 spiro atoms. The van der Waals surface area contributed by atoms with E-state index in [2.05, 4.69) is 37.3 Å². The molecule has 0 aliphatic carbocycles. The zero-order valence-electron chi connectivity index (χ0n) is 17.2. The maximum atomic E-state index is 9.20. The van der Waals surface area contributed by atoms with E-state index < -0.39 is 0 Å². The Bertz CT molecular complexity index is 1340. The standard InChI is InChI=1S/C23H19N9/c24-10-16-3-5-21(27-12-16)31-9-1-2-18(15-31)29-20-7-8-26-23(30-20)19-13-28-22-6-4-17(11-25)14-32(19)22/h3-8,12-14,18H,1-2,9,15H2,(H,26,29,30). The molecule has 9 heteroatoms. The number of nitriles is 2. The number of piperidine rings is 1. The van der Waals surface area contributed by atoms with Gasteiger partial charge in [-0.2, -0.15) is 10.5 Å². The molecular formula is C23H19N9. The molecule has 0 bridgehead atoms. The van der Waals surface area contributed by atoms with Crippen LogP contribution in [-0.4, -0.2) is 43.5 Å². The minimum absolute atomic E-state index is 0.205. The number of hydrogen-bond acceptors (Lipinski definition) is 8. The Morgan fingerprint density at radius 1 is 0.969 bits per heavy atom. The molecule has 0 radical (unpaired) electrons. The van der Waals surface area contributed by atoms with Gasteiger partial charge in [-0.05, 0) is 43.2 Å². The van der Waals surface area contributed by atoms with Gasteiger partial charge in [0.15, 0.2) is 5.82 Å². The van der Waals surface area contributed by atoms with Gasteiger partial charge in [0.25, 0.3) is 0 Å². The van der Waals surface area contributed by atoms with Crippen molar-refractivity contribution >= 4 is 17.3 Å². The van der Waals surface area contributed by atoms with Gasteiger partial charge in [-0.25, -0.2) is 19.9 Å². The smallest absolute Gasteiger partial charge is 0.180 e. The molecule has 0 aromatic carbocycles. The number of anilines is 2. The molecule has 1 aliphatic rings. The van der Waals surface area contributed by atoms with Gasteiger partial charge in [0.05, 0.1) is 17.3 Å². The summed E-state index contributed by atoms with van der Waals surface area (Å²) >= 11 is 0. The van der Waals surface area contributed by atoms with Crippen molar-refractivity contribution in [2.45, 2.75) is 18.9 Å². The normalized spacial score (nSPS) is 15.8. The molecule has 9 nitrogen and oxygen atoms in total. The number of imidazole rings is 1. The Morgan fingerprint density at radius 3 is 2.66 bits per heavy atom. The SMILES string of the molecule is N#Cc1ccc(N2CCCC(Nc3ccnc(-c4cnc5ccc(C#N)cn45)n3)C2)nc1. The summed E-state index contributed by atoms with van der Waals surface area (Å²) in [5, 5.41) is 21.7. The maximum Gasteiger partial charge on any atom is 0.180 e. The van der Waals surface area contributed by atoms with E-state index in [1.807, 2.05) is 16.5 Å². The lowest BCUT2D eigenvalue weighted by atomic mass is 10.1. The van der Waals surface area contributed by atoms with Crippen LogP contribution in [0.2, 0.25) is 0 Å². The summed E-state index contributed by atoms with van der Waals surface area (Å²) in [7, 11) is 0. The number of nitrogens with zero attached hydrogens (tertiary/aromatic N) is 8. The van der Waals surface area contributed by atoms with Crippen molar-refractivity contribution in [1.29, 1.82) is 10.5 Å². The van der Waals surface area contributed by atoms with E-state index >= 15 is 0 Å². The fraction of sp³-hybridized carbons (Fsp3) is 0.217. The highest BCUT2D eigenvalue weighted by molar-refractivity contribution is 5.59. The van der Waals surface area contributed by atoms with E-state index in [-0.39, 0.29) is 6.04 Å². The van der Waals surface area contributed by atoms with E-state index in [9.17, 15) is 5.26 Å². The third kappa shape index (κ3) is 3.80. The van der Waals surface area contributed by atoms with Gasteiger partial charge in [-0.15, -0.1) is 0 Å². The number of pyridine rings is 2. The number of aromatic nitrogens is 5. The van der Waals surface area contributed by atoms with Gasteiger partial charge < -0.3 is 10.2 Å². The summed E-state index contributed by atoms with van der Waals surface area (Å²) in [5.41, 5.74) is 2.57. The van der Waals surface area contributed by atoms with Crippen molar-refractivity contribution in [3.8, 4) is 23.7 Å². The van der Waals surface area contributed by atoms with E-state index in [1.165, 1.54) is 0 Å². The fourth-order valence-electron chi connectivity index (χ4n) is 3.93. The Kier molecular flexibility index (Phi) is 5.06. The molecule has 1 saturated heterocycles. The van der Waals surface area contributed by atoms with Crippen molar-refractivity contribution in [3.63, 3.8) is 0 Å². The van der Waals surface area contributed by atoms with Gasteiger partial charge in [0.2, 0.25) is 0 Å². The van der Waals surface area contributed by atoms with E-state index in [4.69, 9.17) is 10.2 Å². The number of nitrogens with one attached hydrogen (secondary N) is 1. The molecule has 1 atom stereocenters. The third-order valence-electron chi connectivity index (χ3n) is 5.49.